The Bertz CT molecular complexity index is 736. The van der Waals surface area contributed by atoms with Gasteiger partial charge in [0.2, 0.25) is 0 Å². The van der Waals surface area contributed by atoms with Crippen molar-refractivity contribution in [3.63, 3.8) is 0 Å². The van der Waals surface area contributed by atoms with Crippen molar-refractivity contribution in [3.05, 3.63) is 35.0 Å². The van der Waals surface area contributed by atoms with Crippen LogP contribution in [0.3, 0.4) is 0 Å². The maximum atomic E-state index is 11.7. The van der Waals surface area contributed by atoms with Gasteiger partial charge in [-0.3, -0.25) is 0 Å². The lowest BCUT2D eigenvalue weighted by Crippen LogP contribution is -2.15. The van der Waals surface area contributed by atoms with E-state index in [-0.39, 0.29) is 5.70 Å². The molecule has 22 heavy (non-hydrogen) atoms. The zero-order valence-corrected chi connectivity index (χ0v) is 13.3. The highest BCUT2D eigenvalue weighted by Crippen LogP contribution is 2.26. The smallest absolute Gasteiger partial charge is 0.354 e. The zero-order chi connectivity index (χ0) is 16.1. The van der Waals surface area contributed by atoms with Gasteiger partial charge in [0.25, 0.3) is 0 Å². The molecule has 2 rings (SSSR count). The fraction of sp³-hybridized carbons (Fsp3) is 0.267. The summed E-state index contributed by atoms with van der Waals surface area (Å²) in [5.74, 6) is -1.29. The Kier molecular flexibility index (Phi) is 5.11. The number of benzene rings is 1. The lowest BCUT2D eigenvalue weighted by atomic mass is 10.2. The lowest BCUT2D eigenvalue weighted by Gasteiger charge is -2.08. The first kappa shape index (κ1) is 16.0. The summed E-state index contributed by atoms with van der Waals surface area (Å²) in [5.41, 5.74) is 1.58. The summed E-state index contributed by atoms with van der Waals surface area (Å²) < 4.78 is 10.2. The van der Waals surface area contributed by atoms with E-state index in [0.717, 1.165) is 27.7 Å². The molecule has 116 valence electrons. The van der Waals surface area contributed by atoms with Gasteiger partial charge in [-0.2, -0.15) is 0 Å². The van der Waals surface area contributed by atoms with Gasteiger partial charge in [0.15, 0.2) is 0 Å². The van der Waals surface area contributed by atoms with Crippen LogP contribution in [0.5, 0.6) is 0 Å². The maximum Gasteiger partial charge on any atom is 0.354 e. The second-order valence-corrected chi connectivity index (χ2v) is 5.46. The highest BCUT2D eigenvalue weighted by Gasteiger charge is 2.13. The summed E-state index contributed by atoms with van der Waals surface area (Å²) in [6.45, 7) is 2.05. The molecule has 0 amide bonds. The molecule has 0 bridgehead atoms. The summed E-state index contributed by atoms with van der Waals surface area (Å²) in [5, 5.41) is 3.93. The molecule has 0 unspecified atom stereocenters. The van der Waals surface area contributed by atoms with Crippen LogP contribution in [0.25, 0.3) is 10.2 Å². The molecule has 6 nitrogen and oxygen atoms in total. The third kappa shape index (κ3) is 3.62. The molecule has 0 spiro atoms. The number of aryl methyl sites for hydroxylation is 1. The van der Waals surface area contributed by atoms with E-state index in [9.17, 15) is 9.59 Å². The number of methoxy groups -OCH3 is 2. The van der Waals surface area contributed by atoms with E-state index in [2.05, 4.69) is 19.8 Å². The lowest BCUT2D eigenvalue weighted by molar-refractivity contribution is -0.138. The summed E-state index contributed by atoms with van der Waals surface area (Å²) in [6.07, 6.45) is 1.93. The molecule has 0 saturated carbocycles. The predicted molar refractivity (Wildman–Crippen MR) is 84.7 cm³/mol. The Hall–Kier alpha value is -2.41. The van der Waals surface area contributed by atoms with Gasteiger partial charge < -0.3 is 14.8 Å². The number of anilines is 1. The molecule has 2 aromatic rings. The second kappa shape index (κ2) is 7.04. The van der Waals surface area contributed by atoms with Gasteiger partial charge in [0.05, 0.1) is 35.5 Å². The Morgan fingerprint density at radius 1 is 1.32 bits per heavy atom. The highest BCUT2D eigenvalue weighted by atomic mass is 32.1. The van der Waals surface area contributed by atoms with Gasteiger partial charge in [0.1, 0.15) is 5.70 Å². The van der Waals surface area contributed by atoms with Gasteiger partial charge in [0, 0.05) is 5.69 Å². The van der Waals surface area contributed by atoms with E-state index in [0.29, 0.717) is 5.69 Å². The summed E-state index contributed by atoms with van der Waals surface area (Å²) in [4.78, 5) is 27.5. The van der Waals surface area contributed by atoms with Crippen molar-refractivity contribution in [1.29, 1.82) is 0 Å². The Balaban J connectivity index is 2.31. The molecule has 7 heteroatoms. The fourth-order valence-corrected chi connectivity index (χ4v) is 2.74. The minimum absolute atomic E-state index is 0.00827. The molecule has 0 radical (unpaired) electrons. The van der Waals surface area contributed by atoms with Crippen LogP contribution in [0.1, 0.15) is 11.9 Å². The third-order valence-electron chi connectivity index (χ3n) is 2.88. The Morgan fingerprint density at radius 2 is 2.09 bits per heavy atom. The number of aromatic nitrogens is 1. The molecule has 1 aromatic carbocycles. The monoisotopic (exact) mass is 320 g/mol. The number of thiazole rings is 1. The number of hydrogen-bond acceptors (Lipinski definition) is 7. The zero-order valence-electron chi connectivity index (χ0n) is 12.5. The topological polar surface area (TPSA) is 77.5 Å². The molecule has 0 aliphatic carbocycles. The molecule has 1 aromatic heterocycles. The average molecular weight is 320 g/mol. The van der Waals surface area contributed by atoms with Gasteiger partial charge in [-0.25, -0.2) is 14.6 Å². The first-order valence-corrected chi connectivity index (χ1v) is 7.43. The number of nitrogens with zero attached hydrogens (tertiary/aromatic N) is 1. The summed E-state index contributed by atoms with van der Waals surface area (Å²) in [6, 6.07) is 5.52. The fourth-order valence-electron chi connectivity index (χ4n) is 1.79. The van der Waals surface area contributed by atoms with Crippen molar-refractivity contribution in [2.45, 2.75) is 13.3 Å². The van der Waals surface area contributed by atoms with Crippen LogP contribution >= 0.6 is 11.3 Å². The third-order valence-corrected chi connectivity index (χ3v) is 4.05. The maximum absolute atomic E-state index is 11.7. The summed E-state index contributed by atoms with van der Waals surface area (Å²) >= 11 is 1.59. The number of carbonyl (C=O) groups is 2. The number of esters is 2. The van der Waals surface area contributed by atoms with Crippen LogP contribution in [0.15, 0.2) is 30.0 Å². The van der Waals surface area contributed by atoms with E-state index in [1.807, 2.05) is 19.1 Å². The molecular weight excluding hydrogens is 304 g/mol. The van der Waals surface area contributed by atoms with Crippen LogP contribution in [0, 0.1) is 0 Å². The van der Waals surface area contributed by atoms with Gasteiger partial charge in [-0.1, -0.05) is 6.92 Å². The summed E-state index contributed by atoms with van der Waals surface area (Å²) in [7, 11) is 2.48. The number of ether oxygens (including phenoxy) is 2. The van der Waals surface area contributed by atoms with E-state index < -0.39 is 11.9 Å². The van der Waals surface area contributed by atoms with Crippen LogP contribution in [0.4, 0.5) is 5.69 Å². The van der Waals surface area contributed by atoms with Crippen LogP contribution in [0.2, 0.25) is 0 Å². The minimum atomic E-state index is -0.649. The van der Waals surface area contributed by atoms with Crippen molar-refractivity contribution in [2.24, 2.45) is 0 Å². The van der Waals surface area contributed by atoms with Crippen molar-refractivity contribution in [3.8, 4) is 0 Å². The largest absolute Gasteiger partial charge is 0.466 e. The number of hydrogen-bond donors (Lipinski definition) is 1. The molecule has 0 aliphatic heterocycles. The standard InChI is InChI=1S/C15H16N2O4S/c1-4-13-17-10-6-5-9(7-12(10)22-13)16-11(15(19)21-3)8-14(18)20-2/h5-8,16H,4H2,1-3H3/b11-8+. The van der Waals surface area contributed by atoms with E-state index >= 15 is 0 Å². The Morgan fingerprint density at radius 3 is 2.73 bits per heavy atom. The van der Waals surface area contributed by atoms with E-state index in [1.165, 1.54) is 14.2 Å². The molecule has 1 heterocycles. The van der Waals surface area contributed by atoms with Crippen molar-refractivity contribution in [1.82, 2.24) is 4.98 Å². The van der Waals surface area contributed by atoms with Crippen LogP contribution < -0.4 is 5.32 Å². The molecule has 1 N–H and O–H groups in total. The van der Waals surface area contributed by atoms with Crippen molar-refractivity contribution >= 4 is 39.2 Å². The van der Waals surface area contributed by atoms with Crippen molar-refractivity contribution in [2.75, 3.05) is 19.5 Å². The van der Waals surface area contributed by atoms with Crippen LogP contribution in [-0.2, 0) is 25.5 Å². The average Bonchev–Trinajstić information content (AvgIpc) is 2.95. The molecule has 0 saturated heterocycles. The SMILES string of the molecule is CCc1nc2ccc(N/C(=C/C(=O)OC)C(=O)OC)cc2s1. The van der Waals surface area contributed by atoms with Gasteiger partial charge in [-0.05, 0) is 24.6 Å². The quantitative estimate of drug-likeness (QED) is 0.674. The minimum Gasteiger partial charge on any atom is -0.466 e. The molecule has 0 atom stereocenters. The number of fused-ring (bicyclic) bond motifs is 1. The van der Waals surface area contributed by atoms with E-state index in [4.69, 9.17) is 0 Å². The predicted octanol–water partition coefficient (Wildman–Crippen LogP) is 2.50. The molecular formula is C15H16N2O4S. The molecule has 0 fully saturated rings. The van der Waals surface area contributed by atoms with Crippen molar-refractivity contribution < 1.29 is 19.1 Å². The Labute approximate surface area is 131 Å². The normalized spacial score (nSPS) is 11.3. The van der Waals surface area contributed by atoms with Gasteiger partial charge in [-0.15, -0.1) is 11.3 Å². The highest BCUT2D eigenvalue weighted by molar-refractivity contribution is 7.18. The van der Waals surface area contributed by atoms with Crippen LogP contribution in [-0.4, -0.2) is 31.1 Å². The van der Waals surface area contributed by atoms with Gasteiger partial charge >= 0.3 is 11.9 Å². The number of rotatable bonds is 5. The molecule has 0 aliphatic rings. The number of carbonyl (C=O) groups excluding carboxylic acids is 2. The van der Waals surface area contributed by atoms with E-state index in [1.54, 1.807) is 17.4 Å². The number of nitrogens with one attached hydrogen (secondary N) is 1. The second-order valence-electron chi connectivity index (χ2n) is 4.34. The first-order valence-electron chi connectivity index (χ1n) is 6.61. The first-order chi connectivity index (χ1) is 10.6.